The average molecular weight is 298 g/mol. The molecule has 3 heterocycles. The largest absolute Gasteiger partial charge is 0.351 e. The van der Waals surface area contributed by atoms with Crippen LogP contribution >= 0.6 is 11.6 Å². The number of nitrogens with one attached hydrogen (secondary N) is 1. The molecule has 0 unspecified atom stereocenters. The highest BCUT2D eigenvalue weighted by atomic mass is 35.5. The van der Waals surface area contributed by atoms with Crippen LogP contribution < -0.4 is 0 Å². The summed E-state index contributed by atoms with van der Waals surface area (Å²) >= 11 is 6.26. The van der Waals surface area contributed by atoms with Crippen molar-refractivity contribution in [3.8, 4) is 5.82 Å². The molecule has 21 heavy (non-hydrogen) atoms. The van der Waals surface area contributed by atoms with Crippen molar-refractivity contribution in [1.82, 2.24) is 25.0 Å². The van der Waals surface area contributed by atoms with Crippen molar-refractivity contribution in [3.05, 3.63) is 46.9 Å². The number of hydrogen-bond acceptors (Lipinski definition) is 3. The molecule has 0 aliphatic heterocycles. The number of rotatable bonds is 1. The number of halogens is 1. The van der Waals surface area contributed by atoms with E-state index in [9.17, 15) is 0 Å². The first-order chi connectivity index (χ1) is 10.1. The molecule has 0 aliphatic carbocycles. The zero-order chi connectivity index (χ0) is 14.6. The molecule has 0 bridgehead atoms. The molecule has 5 nitrogen and oxygen atoms in total. The number of aromatic nitrogens is 5. The average Bonchev–Trinajstić information content (AvgIpc) is 3.00. The minimum absolute atomic E-state index is 0.396. The zero-order valence-corrected chi connectivity index (χ0v) is 12.3. The number of para-hydroxylation sites is 1. The molecule has 0 amide bonds. The molecule has 104 valence electrons. The number of H-pyrrole nitrogens is 1. The minimum Gasteiger partial charge on any atom is -0.351 e. The first-order valence-electron chi connectivity index (χ1n) is 6.61. The number of fused-ring (bicyclic) bond motifs is 3. The van der Waals surface area contributed by atoms with E-state index < -0.39 is 0 Å². The van der Waals surface area contributed by atoms with Crippen LogP contribution in [0.1, 0.15) is 11.4 Å². The van der Waals surface area contributed by atoms with E-state index in [1.165, 1.54) is 0 Å². The topological polar surface area (TPSA) is 59.4 Å². The fourth-order valence-electron chi connectivity index (χ4n) is 2.71. The Bertz CT molecular complexity index is 982. The molecule has 4 rings (SSSR count). The van der Waals surface area contributed by atoms with Crippen LogP contribution in [0.2, 0.25) is 5.15 Å². The van der Waals surface area contributed by atoms with Gasteiger partial charge in [-0.15, -0.1) is 10.2 Å². The number of aromatic amines is 1. The lowest BCUT2D eigenvalue weighted by Gasteiger charge is -2.04. The fraction of sp³-hybridized carbons (Fsp3) is 0.133. The Balaban J connectivity index is 2.16. The van der Waals surface area contributed by atoms with Gasteiger partial charge in [0.05, 0.1) is 16.6 Å². The van der Waals surface area contributed by atoms with Crippen molar-refractivity contribution < 1.29 is 0 Å². The predicted octanol–water partition coefficient (Wildman–Crippen LogP) is 3.57. The summed E-state index contributed by atoms with van der Waals surface area (Å²) in [4.78, 5) is 3.37. The Labute approximate surface area is 125 Å². The maximum absolute atomic E-state index is 6.26. The molecule has 0 fully saturated rings. The van der Waals surface area contributed by atoms with Gasteiger partial charge in [0.2, 0.25) is 0 Å². The van der Waals surface area contributed by atoms with Gasteiger partial charge in [0.15, 0.2) is 11.0 Å². The van der Waals surface area contributed by atoms with Gasteiger partial charge < -0.3 is 4.98 Å². The maximum atomic E-state index is 6.26. The number of benzene rings is 1. The van der Waals surface area contributed by atoms with E-state index >= 15 is 0 Å². The summed E-state index contributed by atoms with van der Waals surface area (Å²) in [7, 11) is 0. The van der Waals surface area contributed by atoms with Crippen LogP contribution in [0.5, 0.6) is 0 Å². The van der Waals surface area contributed by atoms with Crippen LogP contribution in [-0.4, -0.2) is 25.0 Å². The van der Waals surface area contributed by atoms with Gasteiger partial charge in [-0.05, 0) is 26.0 Å². The Hall–Kier alpha value is -2.40. The van der Waals surface area contributed by atoms with Gasteiger partial charge in [0.1, 0.15) is 0 Å². The smallest absolute Gasteiger partial charge is 0.200 e. The Morgan fingerprint density at radius 2 is 1.95 bits per heavy atom. The Morgan fingerprint density at radius 1 is 1.14 bits per heavy atom. The third-order valence-corrected chi connectivity index (χ3v) is 3.84. The van der Waals surface area contributed by atoms with Gasteiger partial charge in [-0.25, -0.2) is 4.68 Å². The van der Waals surface area contributed by atoms with Crippen molar-refractivity contribution in [2.45, 2.75) is 13.8 Å². The summed E-state index contributed by atoms with van der Waals surface area (Å²) < 4.78 is 1.79. The summed E-state index contributed by atoms with van der Waals surface area (Å²) in [5.41, 5.74) is 3.80. The van der Waals surface area contributed by atoms with E-state index in [1.54, 1.807) is 4.68 Å². The molecule has 0 saturated carbocycles. The summed E-state index contributed by atoms with van der Waals surface area (Å²) in [6.07, 6.45) is 0. The fourth-order valence-corrected chi connectivity index (χ4v) is 2.94. The second-order valence-corrected chi connectivity index (χ2v) is 5.43. The third-order valence-electron chi connectivity index (χ3n) is 3.58. The molecule has 4 aromatic rings. The van der Waals surface area contributed by atoms with Crippen LogP contribution in [0.3, 0.4) is 0 Å². The molecule has 1 aromatic carbocycles. The molecule has 0 spiro atoms. The first-order valence-corrected chi connectivity index (χ1v) is 6.99. The normalized spacial score (nSPS) is 11.6. The standard InChI is InChI=1S/C15H12ClN5/c1-8-7-9(2)21(20-8)15-13-12(14(16)18-19-15)10-5-3-4-6-11(10)17-13/h3-7,17H,1-2H3. The second kappa shape index (κ2) is 4.30. The van der Waals surface area contributed by atoms with Gasteiger partial charge in [0.25, 0.3) is 0 Å². The van der Waals surface area contributed by atoms with E-state index in [0.717, 1.165) is 33.2 Å². The first kappa shape index (κ1) is 12.3. The number of aryl methyl sites for hydroxylation is 2. The van der Waals surface area contributed by atoms with E-state index in [1.807, 2.05) is 44.2 Å². The summed E-state index contributed by atoms with van der Waals surface area (Å²) in [6, 6.07) is 10.00. The third kappa shape index (κ3) is 1.74. The summed E-state index contributed by atoms with van der Waals surface area (Å²) in [5.74, 6) is 0.663. The van der Waals surface area contributed by atoms with Crippen LogP contribution in [0.15, 0.2) is 30.3 Å². The van der Waals surface area contributed by atoms with Gasteiger partial charge in [-0.1, -0.05) is 29.8 Å². The molecule has 0 aliphatic rings. The van der Waals surface area contributed by atoms with E-state index in [0.29, 0.717) is 11.0 Å². The van der Waals surface area contributed by atoms with Gasteiger partial charge >= 0.3 is 0 Å². The van der Waals surface area contributed by atoms with Gasteiger partial charge in [0, 0.05) is 16.6 Å². The van der Waals surface area contributed by atoms with E-state index in [4.69, 9.17) is 11.6 Å². The number of nitrogens with zero attached hydrogens (tertiary/aromatic N) is 4. The quantitative estimate of drug-likeness (QED) is 0.584. The van der Waals surface area contributed by atoms with Crippen molar-refractivity contribution in [3.63, 3.8) is 0 Å². The maximum Gasteiger partial charge on any atom is 0.200 e. The van der Waals surface area contributed by atoms with Crippen molar-refractivity contribution in [2.24, 2.45) is 0 Å². The molecule has 0 atom stereocenters. The highest BCUT2D eigenvalue weighted by Crippen LogP contribution is 2.32. The van der Waals surface area contributed by atoms with Gasteiger partial charge in [-0.2, -0.15) is 5.10 Å². The van der Waals surface area contributed by atoms with E-state index in [-0.39, 0.29) is 0 Å². The summed E-state index contributed by atoms with van der Waals surface area (Å²) in [5, 5.41) is 15.1. The molecule has 1 N–H and O–H groups in total. The lowest BCUT2D eigenvalue weighted by Crippen LogP contribution is -2.04. The SMILES string of the molecule is Cc1cc(C)n(-c2nnc(Cl)c3c2[nH]c2ccccc23)n1. The monoisotopic (exact) mass is 297 g/mol. The number of hydrogen-bond donors (Lipinski definition) is 1. The predicted molar refractivity (Wildman–Crippen MR) is 83.0 cm³/mol. The van der Waals surface area contributed by atoms with Gasteiger partial charge in [-0.3, -0.25) is 0 Å². The van der Waals surface area contributed by atoms with Crippen LogP contribution in [-0.2, 0) is 0 Å². The molecule has 6 heteroatoms. The molecule has 0 saturated heterocycles. The lowest BCUT2D eigenvalue weighted by molar-refractivity contribution is 0.789. The lowest BCUT2D eigenvalue weighted by atomic mass is 10.2. The highest BCUT2D eigenvalue weighted by Gasteiger charge is 2.17. The van der Waals surface area contributed by atoms with E-state index in [2.05, 4.69) is 20.3 Å². The second-order valence-electron chi connectivity index (χ2n) is 5.07. The van der Waals surface area contributed by atoms with Crippen molar-refractivity contribution in [1.29, 1.82) is 0 Å². The minimum atomic E-state index is 0.396. The highest BCUT2D eigenvalue weighted by molar-refractivity contribution is 6.37. The molecular weight excluding hydrogens is 286 g/mol. The zero-order valence-electron chi connectivity index (χ0n) is 11.6. The molecular formula is C15H12ClN5. The van der Waals surface area contributed by atoms with Crippen molar-refractivity contribution in [2.75, 3.05) is 0 Å². The van der Waals surface area contributed by atoms with Crippen LogP contribution in [0, 0.1) is 13.8 Å². The van der Waals surface area contributed by atoms with Crippen LogP contribution in [0.4, 0.5) is 0 Å². The van der Waals surface area contributed by atoms with Crippen molar-refractivity contribution >= 4 is 33.4 Å². The van der Waals surface area contributed by atoms with Crippen LogP contribution in [0.25, 0.3) is 27.6 Å². The summed E-state index contributed by atoms with van der Waals surface area (Å²) in [6.45, 7) is 3.94. The molecule has 3 aromatic heterocycles. The Kier molecular flexibility index (Phi) is 2.53. The molecule has 0 radical (unpaired) electrons. The Morgan fingerprint density at radius 3 is 2.71 bits per heavy atom.